The van der Waals surface area contributed by atoms with Gasteiger partial charge in [-0.1, -0.05) is 11.6 Å². The van der Waals surface area contributed by atoms with Gasteiger partial charge in [0.05, 0.1) is 21.4 Å². The lowest BCUT2D eigenvalue weighted by Gasteiger charge is -2.12. The van der Waals surface area contributed by atoms with Gasteiger partial charge in [-0.05, 0) is 19.9 Å². The van der Waals surface area contributed by atoms with Gasteiger partial charge >= 0.3 is 0 Å². The summed E-state index contributed by atoms with van der Waals surface area (Å²) in [5.74, 6) is 0. The number of nitro groups is 1. The number of aliphatic hydroxyl groups excluding tert-OH is 1. The summed E-state index contributed by atoms with van der Waals surface area (Å²) < 4.78 is 26.0. The normalized spacial score (nSPS) is 13.3. The van der Waals surface area contributed by atoms with Crippen molar-refractivity contribution in [2.45, 2.75) is 24.8 Å². The average Bonchev–Trinajstić information content (AvgIpc) is 2.31. The Balaban J connectivity index is 3.32. The van der Waals surface area contributed by atoms with Crippen molar-refractivity contribution in [2.24, 2.45) is 0 Å². The van der Waals surface area contributed by atoms with Crippen molar-refractivity contribution >= 4 is 27.3 Å². The molecular weight excluding hydrogens is 296 g/mol. The Morgan fingerprint density at radius 2 is 2.11 bits per heavy atom. The molecule has 0 spiro atoms. The molecule has 0 saturated carbocycles. The number of sulfonamides is 1. The van der Waals surface area contributed by atoms with E-state index in [0.29, 0.717) is 0 Å². The summed E-state index contributed by atoms with van der Waals surface area (Å²) in [5, 5.41) is 19.6. The van der Waals surface area contributed by atoms with Crippen molar-refractivity contribution in [2.75, 3.05) is 6.61 Å². The van der Waals surface area contributed by atoms with Crippen LogP contribution < -0.4 is 4.72 Å². The summed E-state index contributed by atoms with van der Waals surface area (Å²) in [6, 6.07) is 1.37. The molecule has 0 heterocycles. The van der Waals surface area contributed by atoms with Crippen LogP contribution in [0.2, 0.25) is 5.02 Å². The van der Waals surface area contributed by atoms with E-state index in [1.165, 1.54) is 13.8 Å². The van der Waals surface area contributed by atoms with Crippen molar-refractivity contribution in [3.63, 3.8) is 0 Å². The Kier molecular flexibility index (Phi) is 4.86. The number of aliphatic hydroxyl groups is 1. The zero-order valence-corrected chi connectivity index (χ0v) is 11.8. The Labute approximate surface area is 115 Å². The van der Waals surface area contributed by atoms with Crippen molar-refractivity contribution in [3.8, 4) is 0 Å². The van der Waals surface area contributed by atoms with Gasteiger partial charge in [0.15, 0.2) is 0 Å². The van der Waals surface area contributed by atoms with Gasteiger partial charge in [-0.25, -0.2) is 13.1 Å². The molecule has 1 atom stereocenters. The van der Waals surface area contributed by atoms with Crippen LogP contribution in [-0.2, 0) is 10.0 Å². The minimum atomic E-state index is -3.97. The largest absolute Gasteiger partial charge is 0.395 e. The maximum Gasteiger partial charge on any atom is 0.275 e. The van der Waals surface area contributed by atoms with E-state index in [0.717, 1.165) is 12.1 Å². The van der Waals surface area contributed by atoms with Crippen molar-refractivity contribution in [1.29, 1.82) is 0 Å². The first-order valence-electron chi connectivity index (χ1n) is 5.26. The zero-order valence-electron chi connectivity index (χ0n) is 10.3. The van der Waals surface area contributed by atoms with Crippen LogP contribution in [0.25, 0.3) is 0 Å². The smallest absolute Gasteiger partial charge is 0.275 e. The van der Waals surface area contributed by atoms with Gasteiger partial charge in [-0.15, -0.1) is 0 Å². The van der Waals surface area contributed by atoms with Gasteiger partial charge in [0, 0.05) is 17.7 Å². The number of nitrogens with zero attached hydrogens (tertiary/aromatic N) is 1. The van der Waals surface area contributed by atoms with E-state index in [1.807, 2.05) is 0 Å². The first-order valence-corrected chi connectivity index (χ1v) is 7.13. The van der Waals surface area contributed by atoms with Gasteiger partial charge < -0.3 is 5.11 Å². The minimum Gasteiger partial charge on any atom is -0.395 e. The molecule has 0 unspecified atom stereocenters. The molecule has 106 valence electrons. The van der Waals surface area contributed by atoms with E-state index >= 15 is 0 Å². The molecule has 19 heavy (non-hydrogen) atoms. The maximum atomic E-state index is 11.9. The molecule has 2 N–H and O–H groups in total. The second kappa shape index (κ2) is 5.83. The minimum absolute atomic E-state index is 0.00812. The Morgan fingerprint density at radius 3 is 2.58 bits per heavy atom. The van der Waals surface area contributed by atoms with E-state index in [2.05, 4.69) is 4.72 Å². The molecule has 0 aliphatic carbocycles. The molecule has 0 bridgehead atoms. The van der Waals surface area contributed by atoms with Gasteiger partial charge in [0.2, 0.25) is 10.0 Å². The number of halogens is 1. The van der Waals surface area contributed by atoms with Crippen LogP contribution in [0, 0.1) is 17.0 Å². The number of hydrogen-bond acceptors (Lipinski definition) is 5. The van der Waals surface area contributed by atoms with Crippen molar-refractivity contribution in [3.05, 3.63) is 32.8 Å². The molecule has 7 nitrogen and oxygen atoms in total. The molecule has 0 fully saturated rings. The zero-order chi connectivity index (χ0) is 14.8. The summed E-state index contributed by atoms with van der Waals surface area (Å²) in [6.45, 7) is 2.50. The number of rotatable bonds is 5. The fourth-order valence-electron chi connectivity index (χ4n) is 1.36. The summed E-state index contributed by atoms with van der Waals surface area (Å²) in [5.41, 5.74) is -0.176. The second-order valence-corrected chi connectivity index (χ2v) is 6.13. The Hall–Kier alpha value is -1.22. The van der Waals surface area contributed by atoms with Gasteiger partial charge in [0.1, 0.15) is 0 Å². The average molecular weight is 309 g/mol. The van der Waals surface area contributed by atoms with Crippen molar-refractivity contribution in [1.82, 2.24) is 4.72 Å². The third-order valence-electron chi connectivity index (χ3n) is 2.43. The van der Waals surface area contributed by atoms with Crippen LogP contribution in [0.4, 0.5) is 5.69 Å². The van der Waals surface area contributed by atoms with E-state index in [-0.39, 0.29) is 27.8 Å². The quantitative estimate of drug-likeness (QED) is 0.627. The lowest BCUT2D eigenvalue weighted by atomic mass is 10.2. The molecule has 9 heteroatoms. The topological polar surface area (TPSA) is 110 Å². The molecule has 1 rings (SSSR count). The van der Waals surface area contributed by atoms with E-state index < -0.39 is 21.0 Å². The SMILES string of the molecule is Cc1c(Cl)cc(S(=O)(=O)N[C@H](C)CO)cc1[N+](=O)[O-]. The van der Waals surface area contributed by atoms with Gasteiger partial charge in [0.25, 0.3) is 5.69 Å². The summed E-state index contributed by atoms with van der Waals surface area (Å²) in [4.78, 5) is 9.81. The second-order valence-electron chi connectivity index (χ2n) is 4.01. The van der Waals surface area contributed by atoms with Crippen LogP contribution in [0.3, 0.4) is 0 Å². The highest BCUT2D eigenvalue weighted by molar-refractivity contribution is 7.89. The maximum absolute atomic E-state index is 11.9. The molecule has 0 amide bonds. The molecule has 0 aliphatic heterocycles. The molecule has 1 aromatic carbocycles. The fourth-order valence-corrected chi connectivity index (χ4v) is 2.91. The number of hydrogen-bond donors (Lipinski definition) is 2. The van der Waals surface area contributed by atoms with E-state index in [1.54, 1.807) is 0 Å². The van der Waals surface area contributed by atoms with E-state index in [9.17, 15) is 18.5 Å². The number of benzene rings is 1. The third kappa shape index (κ3) is 3.63. The summed E-state index contributed by atoms with van der Waals surface area (Å²) in [7, 11) is -3.97. The monoisotopic (exact) mass is 308 g/mol. The highest BCUT2D eigenvalue weighted by Gasteiger charge is 2.23. The van der Waals surface area contributed by atoms with E-state index in [4.69, 9.17) is 16.7 Å². The van der Waals surface area contributed by atoms with Crippen LogP contribution >= 0.6 is 11.6 Å². The van der Waals surface area contributed by atoms with Crippen LogP contribution in [-0.4, -0.2) is 31.1 Å². The lowest BCUT2D eigenvalue weighted by molar-refractivity contribution is -0.385. The van der Waals surface area contributed by atoms with Gasteiger partial charge in [-0.3, -0.25) is 10.1 Å². The first kappa shape index (κ1) is 15.8. The molecule has 0 aromatic heterocycles. The fraction of sp³-hybridized carbons (Fsp3) is 0.400. The van der Waals surface area contributed by atoms with Gasteiger partial charge in [-0.2, -0.15) is 0 Å². The molecule has 0 radical (unpaired) electrons. The molecule has 1 aromatic rings. The number of nitro benzene ring substituents is 1. The number of nitrogens with one attached hydrogen (secondary N) is 1. The predicted octanol–water partition coefficient (Wildman–Crippen LogP) is 1.22. The molecule has 0 saturated heterocycles. The summed E-state index contributed by atoms with van der Waals surface area (Å²) >= 11 is 5.79. The van der Waals surface area contributed by atoms with Crippen LogP contribution in [0.1, 0.15) is 12.5 Å². The molecular formula is C10H13ClN2O5S. The predicted molar refractivity (Wildman–Crippen MR) is 69.7 cm³/mol. The van der Waals surface area contributed by atoms with Crippen molar-refractivity contribution < 1.29 is 18.4 Å². The summed E-state index contributed by atoms with van der Waals surface area (Å²) in [6.07, 6.45) is 0. The van der Waals surface area contributed by atoms with Crippen LogP contribution in [0.15, 0.2) is 17.0 Å². The standard InChI is InChI=1S/C10H13ClN2O5S/c1-6(5-14)12-19(17,18)8-3-9(11)7(2)10(4-8)13(15)16/h3-4,6,12,14H,5H2,1-2H3/t6-/m1/s1. The Morgan fingerprint density at radius 1 is 1.53 bits per heavy atom. The first-order chi connectivity index (χ1) is 8.69. The lowest BCUT2D eigenvalue weighted by Crippen LogP contribution is -2.35. The highest BCUT2D eigenvalue weighted by atomic mass is 35.5. The molecule has 0 aliphatic rings. The van der Waals surface area contributed by atoms with Crippen LogP contribution in [0.5, 0.6) is 0 Å². The Bertz CT molecular complexity index is 602. The highest BCUT2D eigenvalue weighted by Crippen LogP contribution is 2.29. The third-order valence-corrected chi connectivity index (χ3v) is 4.39.